The zero-order valence-electron chi connectivity index (χ0n) is 13.9. The van der Waals surface area contributed by atoms with E-state index in [9.17, 15) is 4.79 Å². The van der Waals surface area contributed by atoms with Gasteiger partial charge in [-0.25, -0.2) is 9.48 Å². The average molecular weight is 458 g/mol. The Labute approximate surface area is 163 Å². The normalized spacial score (nSPS) is 11.0. The summed E-state index contributed by atoms with van der Waals surface area (Å²) < 4.78 is 7.64. The molecule has 0 aliphatic heterocycles. The minimum atomic E-state index is -0.393. The molecule has 1 N–H and O–H groups in total. The molecule has 0 radical (unpaired) electrons. The van der Waals surface area contributed by atoms with Crippen LogP contribution < -0.4 is 0 Å². The molecule has 0 saturated heterocycles. The van der Waals surface area contributed by atoms with Crippen LogP contribution in [0.1, 0.15) is 17.4 Å². The summed E-state index contributed by atoms with van der Waals surface area (Å²) in [6, 6.07) is 15.9. The van der Waals surface area contributed by atoms with Gasteiger partial charge in [-0.1, -0.05) is 30.3 Å². The van der Waals surface area contributed by atoms with Crippen molar-refractivity contribution in [3.63, 3.8) is 0 Å². The lowest BCUT2D eigenvalue weighted by Crippen LogP contribution is -2.06. The van der Waals surface area contributed by atoms with Gasteiger partial charge in [-0.3, -0.25) is 5.10 Å². The SMILES string of the molecule is CCOC(=O)c1[nH]nc(-c2ccc(-n3cc4ccccc4n3)cc2)c1I. The molecule has 26 heavy (non-hydrogen) atoms. The maximum absolute atomic E-state index is 11.9. The zero-order valence-corrected chi connectivity index (χ0v) is 16.1. The van der Waals surface area contributed by atoms with Crippen molar-refractivity contribution >= 4 is 39.5 Å². The number of aromatic amines is 1. The molecule has 0 aliphatic rings. The first-order chi connectivity index (χ1) is 12.7. The molecule has 4 rings (SSSR count). The second kappa shape index (κ2) is 6.91. The fourth-order valence-electron chi connectivity index (χ4n) is 2.73. The summed E-state index contributed by atoms with van der Waals surface area (Å²) in [6.45, 7) is 2.11. The van der Waals surface area contributed by atoms with Crippen LogP contribution in [0.25, 0.3) is 27.8 Å². The summed E-state index contributed by atoms with van der Waals surface area (Å²) in [5, 5.41) is 12.7. The van der Waals surface area contributed by atoms with Crippen LogP contribution >= 0.6 is 22.6 Å². The number of aromatic nitrogens is 4. The molecule has 2 heterocycles. The van der Waals surface area contributed by atoms with Crippen molar-refractivity contribution in [2.24, 2.45) is 0 Å². The first-order valence-corrected chi connectivity index (χ1v) is 9.21. The number of H-pyrrole nitrogens is 1. The van der Waals surface area contributed by atoms with Crippen LogP contribution in [0.4, 0.5) is 0 Å². The number of carbonyl (C=O) groups excluding carboxylic acids is 1. The van der Waals surface area contributed by atoms with Gasteiger partial charge in [-0.2, -0.15) is 10.2 Å². The number of benzene rings is 2. The molecule has 0 fully saturated rings. The first kappa shape index (κ1) is 16.8. The quantitative estimate of drug-likeness (QED) is 0.368. The van der Waals surface area contributed by atoms with Gasteiger partial charge in [0, 0.05) is 17.1 Å². The summed E-state index contributed by atoms with van der Waals surface area (Å²) in [7, 11) is 0. The molecule has 2 aromatic heterocycles. The van der Waals surface area contributed by atoms with E-state index in [1.54, 1.807) is 6.92 Å². The molecular weight excluding hydrogens is 443 g/mol. The van der Waals surface area contributed by atoms with E-state index in [1.807, 2.05) is 59.4 Å². The third kappa shape index (κ3) is 2.98. The van der Waals surface area contributed by atoms with E-state index in [2.05, 4.69) is 37.9 Å². The molecule has 0 atom stereocenters. The Balaban J connectivity index is 1.65. The van der Waals surface area contributed by atoms with Crippen LogP contribution in [0.3, 0.4) is 0 Å². The predicted octanol–water partition coefficient (Wildman–Crippen LogP) is 4.20. The monoisotopic (exact) mass is 458 g/mol. The highest BCUT2D eigenvalue weighted by Crippen LogP contribution is 2.27. The van der Waals surface area contributed by atoms with Crippen LogP contribution in [-0.4, -0.2) is 32.6 Å². The summed E-state index contributed by atoms with van der Waals surface area (Å²) in [6.07, 6.45) is 2.00. The van der Waals surface area contributed by atoms with Crippen molar-refractivity contribution in [2.45, 2.75) is 6.92 Å². The largest absolute Gasteiger partial charge is 0.461 e. The number of halogens is 1. The Hall–Kier alpha value is -2.68. The molecule has 0 aliphatic carbocycles. The summed E-state index contributed by atoms with van der Waals surface area (Å²) in [4.78, 5) is 11.9. The Morgan fingerprint density at radius 1 is 1.19 bits per heavy atom. The topological polar surface area (TPSA) is 72.8 Å². The molecule has 4 aromatic rings. The number of rotatable bonds is 4. The lowest BCUT2D eigenvalue weighted by Gasteiger charge is -2.03. The summed E-state index contributed by atoms with van der Waals surface area (Å²) in [5.74, 6) is -0.393. The number of ether oxygens (including phenoxy) is 1. The highest BCUT2D eigenvalue weighted by molar-refractivity contribution is 14.1. The van der Waals surface area contributed by atoms with E-state index in [0.717, 1.165) is 31.4 Å². The molecule has 0 spiro atoms. The van der Waals surface area contributed by atoms with Crippen molar-refractivity contribution in [1.82, 2.24) is 20.0 Å². The second-order valence-corrected chi connectivity index (χ2v) is 6.74. The predicted molar refractivity (Wildman–Crippen MR) is 107 cm³/mol. The van der Waals surface area contributed by atoms with E-state index < -0.39 is 5.97 Å². The van der Waals surface area contributed by atoms with Crippen molar-refractivity contribution in [3.8, 4) is 16.9 Å². The summed E-state index contributed by atoms with van der Waals surface area (Å²) in [5.41, 5.74) is 3.94. The lowest BCUT2D eigenvalue weighted by atomic mass is 10.1. The number of fused-ring (bicyclic) bond motifs is 1. The third-order valence-electron chi connectivity index (χ3n) is 4.01. The molecule has 130 valence electrons. The highest BCUT2D eigenvalue weighted by Gasteiger charge is 2.19. The van der Waals surface area contributed by atoms with Gasteiger partial charge in [0.2, 0.25) is 0 Å². The Kier molecular flexibility index (Phi) is 4.46. The smallest absolute Gasteiger partial charge is 0.357 e. The average Bonchev–Trinajstić information content (AvgIpc) is 3.25. The molecule has 0 amide bonds. The van der Waals surface area contributed by atoms with Crippen molar-refractivity contribution < 1.29 is 9.53 Å². The zero-order chi connectivity index (χ0) is 18.1. The number of nitrogens with one attached hydrogen (secondary N) is 1. The first-order valence-electron chi connectivity index (χ1n) is 8.13. The third-order valence-corrected chi connectivity index (χ3v) is 5.06. The molecular formula is C19H15IN4O2. The van der Waals surface area contributed by atoms with E-state index in [1.165, 1.54) is 0 Å². The number of hydrogen-bond acceptors (Lipinski definition) is 4. The maximum atomic E-state index is 11.9. The fraction of sp³-hybridized carbons (Fsp3) is 0.105. The standard InChI is InChI=1S/C19H15IN4O2/c1-2-26-19(25)18-16(20)17(21-22-18)12-7-9-14(10-8-12)24-11-13-5-3-4-6-15(13)23-24/h3-11H,2H2,1H3,(H,21,22). The summed E-state index contributed by atoms with van der Waals surface area (Å²) >= 11 is 2.11. The molecule has 7 heteroatoms. The number of esters is 1. The molecule has 0 unspecified atom stereocenters. The van der Waals surface area contributed by atoms with Crippen LogP contribution in [-0.2, 0) is 4.74 Å². The molecule has 0 bridgehead atoms. The van der Waals surface area contributed by atoms with Crippen molar-refractivity contribution in [3.05, 3.63) is 64.0 Å². The van der Waals surface area contributed by atoms with Crippen molar-refractivity contribution in [1.29, 1.82) is 0 Å². The number of hydrogen-bond donors (Lipinski definition) is 1. The second-order valence-electron chi connectivity index (χ2n) is 5.66. The number of carbonyl (C=O) groups is 1. The van der Waals surface area contributed by atoms with E-state index in [-0.39, 0.29) is 0 Å². The molecule has 6 nitrogen and oxygen atoms in total. The van der Waals surface area contributed by atoms with E-state index in [4.69, 9.17) is 4.74 Å². The van der Waals surface area contributed by atoms with E-state index >= 15 is 0 Å². The maximum Gasteiger partial charge on any atom is 0.357 e. The van der Waals surface area contributed by atoms with Gasteiger partial charge in [0.05, 0.1) is 21.4 Å². The van der Waals surface area contributed by atoms with Gasteiger partial charge in [-0.15, -0.1) is 0 Å². The molecule has 0 saturated carbocycles. The lowest BCUT2D eigenvalue weighted by molar-refractivity contribution is 0.0518. The van der Waals surface area contributed by atoms with Crippen molar-refractivity contribution in [2.75, 3.05) is 6.61 Å². The fourth-order valence-corrected chi connectivity index (χ4v) is 3.50. The Morgan fingerprint density at radius 3 is 2.69 bits per heavy atom. The molecule has 2 aromatic carbocycles. The van der Waals surface area contributed by atoms with Gasteiger partial charge < -0.3 is 4.74 Å². The van der Waals surface area contributed by atoms with Crippen LogP contribution in [0.5, 0.6) is 0 Å². The van der Waals surface area contributed by atoms with Gasteiger partial charge in [0.25, 0.3) is 0 Å². The Morgan fingerprint density at radius 2 is 1.96 bits per heavy atom. The highest BCUT2D eigenvalue weighted by atomic mass is 127. The van der Waals surface area contributed by atoms with Gasteiger partial charge in [0.1, 0.15) is 5.69 Å². The van der Waals surface area contributed by atoms with Gasteiger partial charge >= 0.3 is 5.97 Å². The minimum Gasteiger partial charge on any atom is -0.461 e. The Bertz CT molecular complexity index is 1050. The minimum absolute atomic E-state index is 0.330. The van der Waals surface area contributed by atoms with Crippen LogP contribution in [0, 0.1) is 3.57 Å². The number of nitrogens with zero attached hydrogens (tertiary/aromatic N) is 3. The van der Waals surface area contributed by atoms with Gasteiger partial charge in [-0.05, 0) is 47.7 Å². The van der Waals surface area contributed by atoms with E-state index in [0.29, 0.717) is 12.3 Å². The van der Waals surface area contributed by atoms with Gasteiger partial charge in [0.15, 0.2) is 5.69 Å². The van der Waals surface area contributed by atoms with Crippen LogP contribution in [0.2, 0.25) is 0 Å². The van der Waals surface area contributed by atoms with Crippen LogP contribution in [0.15, 0.2) is 54.7 Å².